The number of carbonyl (C=O) groups excluding carboxylic acids is 1. The molecule has 35 heavy (non-hydrogen) atoms. The number of hydrogen-bond acceptors (Lipinski definition) is 6. The van der Waals surface area contributed by atoms with Crippen LogP contribution in [0.3, 0.4) is 0 Å². The first-order valence-corrected chi connectivity index (χ1v) is 11.9. The van der Waals surface area contributed by atoms with Gasteiger partial charge < -0.3 is 24.6 Å². The minimum absolute atomic E-state index is 0.0797. The van der Waals surface area contributed by atoms with Crippen LogP contribution >= 0.6 is 11.3 Å². The number of ether oxygens (including phenoxy) is 2. The molecule has 1 unspecified atom stereocenters. The van der Waals surface area contributed by atoms with Gasteiger partial charge in [-0.25, -0.2) is 4.79 Å². The van der Waals surface area contributed by atoms with Gasteiger partial charge in [-0.2, -0.15) is 0 Å². The summed E-state index contributed by atoms with van der Waals surface area (Å²) < 4.78 is 11.3. The molecular formula is C26H26N2O6S. The molecule has 2 heterocycles. The van der Waals surface area contributed by atoms with E-state index in [1.807, 2.05) is 53.9 Å². The number of anilines is 1. The minimum Gasteiger partial charge on any atom is -0.493 e. The van der Waals surface area contributed by atoms with E-state index in [0.717, 1.165) is 16.0 Å². The third-order valence-corrected chi connectivity index (χ3v) is 6.70. The summed E-state index contributed by atoms with van der Waals surface area (Å²) >= 11 is 1.61. The number of aliphatic hydroxyl groups is 1. The van der Waals surface area contributed by atoms with E-state index in [1.54, 1.807) is 16.2 Å². The van der Waals surface area contributed by atoms with Crippen molar-refractivity contribution in [1.29, 1.82) is 0 Å². The standard InChI is InChI=1S/C26H26N2O6S/c1-33-22-13-20(21(27-26(31)32)14-23(22)34-16-17-6-3-2-4-7-17)25(30)28-10-9-18(12-19(28)15-29)24-8-5-11-35-24/h2-9,11,13-14,19,27,29H,10,12,15-16H2,1H3,(H,31,32). The van der Waals surface area contributed by atoms with Crippen molar-refractivity contribution in [1.82, 2.24) is 4.90 Å². The Hall–Kier alpha value is -3.82. The van der Waals surface area contributed by atoms with Crippen molar-refractivity contribution in [3.05, 3.63) is 82.1 Å². The molecular weight excluding hydrogens is 468 g/mol. The second-order valence-electron chi connectivity index (χ2n) is 7.96. The molecule has 2 amide bonds. The van der Waals surface area contributed by atoms with E-state index in [-0.39, 0.29) is 24.5 Å². The summed E-state index contributed by atoms with van der Waals surface area (Å²) in [7, 11) is 1.46. The number of benzene rings is 2. The Morgan fingerprint density at radius 3 is 2.60 bits per heavy atom. The second kappa shape index (κ2) is 11.1. The fourth-order valence-electron chi connectivity index (χ4n) is 4.00. The van der Waals surface area contributed by atoms with Gasteiger partial charge in [-0.1, -0.05) is 42.5 Å². The van der Waals surface area contributed by atoms with Gasteiger partial charge in [0.15, 0.2) is 11.5 Å². The van der Waals surface area contributed by atoms with Crippen LogP contribution in [0.5, 0.6) is 11.5 Å². The summed E-state index contributed by atoms with van der Waals surface area (Å²) in [4.78, 5) is 27.7. The first kappa shape index (κ1) is 24.3. The van der Waals surface area contributed by atoms with Crippen LogP contribution in [0.4, 0.5) is 10.5 Å². The molecule has 0 fully saturated rings. The van der Waals surface area contributed by atoms with Crippen molar-refractivity contribution in [2.24, 2.45) is 0 Å². The SMILES string of the molecule is COc1cc(C(=O)N2CC=C(c3cccs3)CC2CO)c(NC(=O)O)cc1OCc1ccccc1. The minimum atomic E-state index is -1.31. The highest BCUT2D eigenvalue weighted by Crippen LogP contribution is 2.36. The van der Waals surface area contributed by atoms with E-state index in [9.17, 15) is 19.8 Å². The number of rotatable bonds is 8. The van der Waals surface area contributed by atoms with E-state index >= 15 is 0 Å². The smallest absolute Gasteiger partial charge is 0.409 e. The van der Waals surface area contributed by atoms with Gasteiger partial charge in [0, 0.05) is 17.5 Å². The Labute approximate surface area is 207 Å². The van der Waals surface area contributed by atoms with Crippen molar-refractivity contribution in [2.45, 2.75) is 19.1 Å². The number of nitrogens with zero attached hydrogens (tertiary/aromatic N) is 1. The molecule has 2 aromatic carbocycles. The molecule has 0 bridgehead atoms. The topological polar surface area (TPSA) is 108 Å². The van der Waals surface area contributed by atoms with Gasteiger partial charge in [-0.05, 0) is 35.1 Å². The maximum atomic E-state index is 13.6. The average Bonchev–Trinajstić information content (AvgIpc) is 3.42. The number of aliphatic hydroxyl groups excluding tert-OH is 1. The Morgan fingerprint density at radius 2 is 1.94 bits per heavy atom. The molecule has 9 heteroatoms. The molecule has 0 spiro atoms. The second-order valence-corrected chi connectivity index (χ2v) is 8.91. The summed E-state index contributed by atoms with van der Waals surface area (Å²) in [5, 5.41) is 23.7. The normalized spacial score (nSPS) is 15.3. The van der Waals surface area contributed by atoms with E-state index < -0.39 is 18.0 Å². The molecule has 1 atom stereocenters. The third-order valence-electron chi connectivity index (χ3n) is 5.75. The zero-order valence-corrected chi connectivity index (χ0v) is 20.0. The van der Waals surface area contributed by atoms with Crippen molar-refractivity contribution in [2.75, 3.05) is 25.6 Å². The van der Waals surface area contributed by atoms with Gasteiger partial charge in [-0.15, -0.1) is 11.3 Å². The zero-order valence-electron chi connectivity index (χ0n) is 19.1. The van der Waals surface area contributed by atoms with Crippen molar-refractivity contribution >= 4 is 34.6 Å². The monoisotopic (exact) mass is 494 g/mol. The highest BCUT2D eigenvalue weighted by Gasteiger charge is 2.31. The lowest BCUT2D eigenvalue weighted by Gasteiger charge is -2.34. The molecule has 4 rings (SSSR count). The Kier molecular flexibility index (Phi) is 7.69. The molecule has 182 valence electrons. The van der Waals surface area contributed by atoms with Crippen LogP contribution in [0.2, 0.25) is 0 Å². The number of carbonyl (C=O) groups is 2. The highest BCUT2D eigenvalue weighted by atomic mass is 32.1. The van der Waals surface area contributed by atoms with Crippen molar-refractivity contribution < 1.29 is 29.3 Å². The predicted octanol–water partition coefficient (Wildman–Crippen LogP) is 4.72. The van der Waals surface area contributed by atoms with Gasteiger partial charge in [-0.3, -0.25) is 10.1 Å². The molecule has 0 saturated heterocycles. The predicted molar refractivity (Wildman–Crippen MR) is 134 cm³/mol. The van der Waals surface area contributed by atoms with Gasteiger partial charge >= 0.3 is 6.09 Å². The number of thiophene rings is 1. The summed E-state index contributed by atoms with van der Waals surface area (Å²) in [5.41, 5.74) is 2.20. The summed E-state index contributed by atoms with van der Waals surface area (Å²) in [6.07, 6.45) is 1.16. The van der Waals surface area contributed by atoms with Gasteiger partial charge in [0.1, 0.15) is 6.61 Å². The fraction of sp³-hybridized carbons (Fsp3) is 0.231. The molecule has 0 saturated carbocycles. The van der Waals surface area contributed by atoms with Crippen LogP contribution < -0.4 is 14.8 Å². The molecule has 8 nitrogen and oxygen atoms in total. The summed E-state index contributed by atoms with van der Waals surface area (Å²) in [6, 6.07) is 16.0. The van der Waals surface area contributed by atoms with Crippen LogP contribution in [0.25, 0.3) is 5.57 Å². The average molecular weight is 495 g/mol. The molecule has 3 N–H and O–H groups in total. The van der Waals surface area contributed by atoms with Crippen LogP contribution in [-0.4, -0.2) is 53.4 Å². The van der Waals surface area contributed by atoms with Gasteiger partial charge in [0.25, 0.3) is 5.91 Å². The molecule has 1 aliphatic rings. The van der Waals surface area contributed by atoms with Crippen molar-refractivity contribution in [3.63, 3.8) is 0 Å². The van der Waals surface area contributed by atoms with Crippen molar-refractivity contribution in [3.8, 4) is 11.5 Å². The fourth-order valence-corrected chi connectivity index (χ4v) is 4.78. The third kappa shape index (κ3) is 5.64. The maximum Gasteiger partial charge on any atom is 0.409 e. The Balaban J connectivity index is 1.64. The summed E-state index contributed by atoms with van der Waals surface area (Å²) in [5.74, 6) is 0.184. The molecule has 0 aliphatic carbocycles. The molecule has 3 aromatic rings. The lowest BCUT2D eigenvalue weighted by atomic mass is 9.98. The molecule has 1 aliphatic heterocycles. The largest absolute Gasteiger partial charge is 0.493 e. The molecule has 0 radical (unpaired) electrons. The van der Waals surface area contributed by atoms with E-state index in [1.165, 1.54) is 19.2 Å². The zero-order chi connectivity index (χ0) is 24.8. The number of carboxylic acid groups (broad SMARTS) is 1. The highest BCUT2D eigenvalue weighted by molar-refractivity contribution is 7.11. The summed E-state index contributed by atoms with van der Waals surface area (Å²) in [6.45, 7) is 0.315. The lowest BCUT2D eigenvalue weighted by Crippen LogP contribution is -2.45. The number of amides is 2. The number of nitrogens with one attached hydrogen (secondary N) is 1. The van der Waals surface area contributed by atoms with Gasteiger partial charge in [0.2, 0.25) is 0 Å². The quantitative estimate of drug-likeness (QED) is 0.418. The lowest BCUT2D eigenvalue weighted by molar-refractivity contribution is 0.0619. The molecule has 1 aromatic heterocycles. The van der Waals surface area contributed by atoms with E-state index in [2.05, 4.69) is 5.32 Å². The first-order valence-electron chi connectivity index (χ1n) is 11.0. The van der Waals surface area contributed by atoms with Crippen LogP contribution in [0.15, 0.2) is 66.1 Å². The van der Waals surface area contributed by atoms with Gasteiger partial charge in [0.05, 0.1) is 31.0 Å². The first-order chi connectivity index (χ1) is 17.0. The van der Waals surface area contributed by atoms with E-state index in [4.69, 9.17) is 9.47 Å². The number of hydrogen-bond donors (Lipinski definition) is 3. The van der Waals surface area contributed by atoms with Crippen LogP contribution in [-0.2, 0) is 6.61 Å². The maximum absolute atomic E-state index is 13.6. The van der Waals surface area contributed by atoms with E-state index in [0.29, 0.717) is 24.5 Å². The number of methoxy groups -OCH3 is 1. The van der Waals surface area contributed by atoms with Crippen LogP contribution in [0, 0.1) is 0 Å². The Morgan fingerprint density at radius 1 is 1.14 bits per heavy atom. The Bertz CT molecular complexity index is 1210. The van der Waals surface area contributed by atoms with Crippen LogP contribution in [0.1, 0.15) is 27.2 Å².